The van der Waals surface area contributed by atoms with Gasteiger partial charge in [0.15, 0.2) is 5.65 Å². The van der Waals surface area contributed by atoms with Gasteiger partial charge in [0.05, 0.1) is 11.4 Å². The van der Waals surface area contributed by atoms with Gasteiger partial charge in [-0.2, -0.15) is 5.10 Å². The number of hydrogen-bond acceptors (Lipinski definition) is 6. The van der Waals surface area contributed by atoms with Crippen LogP contribution in [0, 0.1) is 10.8 Å². The van der Waals surface area contributed by atoms with Crippen molar-refractivity contribution in [3.8, 4) is 22.8 Å². The highest BCUT2D eigenvalue weighted by Crippen LogP contribution is 2.64. The van der Waals surface area contributed by atoms with Gasteiger partial charge in [-0.1, -0.05) is 24.8 Å². The number of nitrogens with zero attached hydrogens (tertiary/aromatic N) is 5. The van der Waals surface area contributed by atoms with E-state index >= 15 is 0 Å². The third-order valence-electron chi connectivity index (χ3n) is 9.63. The highest BCUT2D eigenvalue weighted by molar-refractivity contribution is 5.98. The molecule has 3 heterocycles. The molecule has 41 heavy (non-hydrogen) atoms. The van der Waals surface area contributed by atoms with Crippen LogP contribution >= 0.6 is 0 Å². The van der Waals surface area contributed by atoms with E-state index in [9.17, 15) is 4.79 Å². The molecule has 1 saturated heterocycles. The van der Waals surface area contributed by atoms with Crippen LogP contribution in [0.3, 0.4) is 0 Å². The van der Waals surface area contributed by atoms with Gasteiger partial charge in [0.1, 0.15) is 29.3 Å². The molecule has 8 nitrogen and oxygen atoms in total. The van der Waals surface area contributed by atoms with Gasteiger partial charge in [-0.25, -0.2) is 14.6 Å². The number of fused-ring (bicyclic) bond motifs is 1. The zero-order chi connectivity index (χ0) is 28.0. The van der Waals surface area contributed by atoms with E-state index in [1.54, 1.807) is 0 Å². The molecule has 2 aromatic carbocycles. The molecule has 0 unspecified atom stereocenters. The monoisotopic (exact) mass is 548 g/mol. The van der Waals surface area contributed by atoms with E-state index in [-0.39, 0.29) is 11.9 Å². The number of amides is 1. The average molecular weight is 549 g/mol. The van der Waals surface area contributed by atoms with Gasteiger partial charge in [-0.15, -0.1) is 0 Å². The molecule has 2 spiro atoms. The Kier molecular flexibility index (Phi) is 6.29. The summed E-state index contributed by atoms with van der Waals surface area (Å²) < 4.78 is 8.08. The lowest BCUT2D eigenvalue weighted by molar-refractivity contribution is -0.142. The minimum Gasteiger partial charge on any atom is -0.457 e. The number of rotatable bonds is 5. The van der Waals surface area contributed by atoms with E-state index < -0.39 is 0 Å². The van der Waals surface area contributed by atoms with Crippen molar-refractivity contribution in [1.29, 1.82) is 0 Å². The topological polar surface area (TPSA) is 99.2 Å². The first-order valence-corrected chi connectivity index (χ1v) is 14.7. The quantitative estimate of drug-likeness (QED) is 0.284. The number of anilines is 1. The molecule has 2 aromatic heterocycles. The Morgan fingerprint density at radius 2 is 1.71 bits per heavy atom. The van der Waals surface area contributed by atoms with Gasteiger partial charge < -0.3 is 15.4 Å². The first kappa shape index (κ1) is 25.7. The fraction of sp³-hybridized carbons (Fsp3) is 0.394. The van der Waals surface area contributed by atoms with E-state index in [0.29, 0.717) is 16.6 Å². The molecule has 0 radical (unpaired) electrons. The zero-order valence-corrected chi connectivity index (χ0v) is 23.3. The highest BCUT2D eigenvalue weighted by atomic mass is 16.5. The van der Waals surface area contributed by atoms with Crippen molar-refractivity contribution >= 4 is 22.8 Å². The summed E-state index contributed by atoms with van der Waals surface area (Å²) in [5.74, 6) is 2.09. The second kappa shape index (κ2) is 10.0. The van der Waals surface area contributed by atoms with Crippen LogP contribution in [0.4, 0.5) is 5.82 Å². The Morgan fingerprint density at radius 1 is 0.976 bits per heavy atom. The molecule has 4 aromatic rings. The first-order valence-electron chi connectivity index (χ1n) is 14.7. The summed E-state index contributed by atoms with van der Waals surface area (Å²) in [6.07, 6.45) is 12.3. The third kappa shape index (κ3) is 4.65. The Balaban J connectivity index is 1.09. The van der Waals surface area contributed by atoms with Crippen LogP contribution in [0.15, 0.2) is 73.6 Å². The van der Waals surface area contributed by atoms with E-state index in [1.165, 1.54) is 44.5 Å². The molecule has 210 valence electrons. The van der Waals surface area contributed by atoms with Crippen LogP contribution in [-0.4, -0.2) is 43.6 Å². The largest absolute Gasteiger partial charge is 0.457 e. The summed E-state index contributed by atoms with van der Waals surface area (Å²) in [7, 11) is 0. The lowest BCUT2D eigenvalue weighted by atomic mass is 9.46. The SMILES string of the molecule is C=CC(=O)N1CCCC2(C1)CC1(CCC(n3nc(-c4ccc(Oc5ccccc5)cc4)c4c(N)ncnc43)CC1)C2. The van der Waals surface area contributed by atoms with Crippen LogP contribution in [0.1, 0.15) is 57.4 Å². The molecule has 2 aliphatic carbocycles. The number of ether oxygens (including phenoxy) is 1. The Hall–Kier alpha value is -4.20. The lowest BCUT2D eigenvalue weighted by Crippen LogP contribution is -2.56. The third-order valence-corrected chi connectivity index (χ3v) is 9.63. The molecule has 2 saturated carbocycles. The van der Waals surface area contributed by atoms with E-state index in [0.717, 1.165) is 66.1 Å². The second-order valence-corrected chi connectivity index (χ2v) is 12.3. The summed E-state index contributed by atoms with van der Waals surface area (Å²) in [5, 5.41) is 5.92. The number of benzene rings is 2. The summed E-state index contributed by atoms with van der Waals surface area (Å²) in [6.45, 7) is 5.45. The van der Waals surface area contributed by atoms with Crippen molar-refractivity contribution in [1.82, 2.24) is 24.6 Å². The van der Waals surface area contributed by atoms with Gasteiger partial charge in [0.2, 0.25) is 5.91 Å². The number of aromatic nitrogens is 4. The highest BCUT2D eigenvalue weighted by Gasteiger charge is 2.56. The van der Waals surface area contributed by atoms with Gasteiger partial charge in [0, 0.05) is 18.7 Å². The van der Waals surface area contributed by atoms with Gasteiger partial charge in [-0.3, -0.25) is 4.79 Å². The van der Waals surface area contributed by atoms with E-state index in [1.807, 2.05) is 59.5 Å². The van der Waals surface area contributed by atoms with Crippen molar-refractivity contribution in [2.45, 2.75) is 57.4 Å². The molecule has 7 rings (SSSR count). The number of carbonyl (C=O) groups excluding carboxylic acids is 1. The fourth-order valence-corrected chi connectivity index (χ4v) is 7.92. The predicted molar refractivity (Wildman–Crippen MR) is 159 cm³/mol. The number of carbonyl (C=O) groups is 1. The summed E-state index contributed by atoms with van der Waals surface area (Å²) in [6, 6.07) is 18.0. The van der Waals surface area contributed by atoms with Crippen LogP contribution in [-0.2, 0) is 4.79 Å². The summed E-state index contributed by atoms with van der Waals surface area (Å²) in [5.41, 5.74) is 9.66. The zero-order valence-electron chi connectivity index (χ0n) is 23.3. The van der Waals surface area contributed by atoms with Gasteiger partial charge in [-0.05, 0) is 105 Å². The summed E-state index contributed by atoms with van der Waals surface area (Å²) >= 11 is 0. The van der Waals surface area contributed by atoms with Crippen molar-refractivity contribution in [2.24, 2.45) is 10.8 Å². The fourth-order valence-electron chi connectivity index (χ4n) is 7.92. The molecule has 1 aliphatic heterocycles. The normalized spacial score (nSPS) is 25.8. The molecule has 0 bridgehead atoms. The molecule has 0 atom stereocenters. The molecule has 1 amide bonds. The summed E-state index contributed by atoms with van der Waals surface area (Å²) in [4.78, 5) is 23.2. The number of piperidine rings is 1. The number of nitrogen functional groups attached to an aromatic ring is 1. The number of likely N-dealkylation sites (tertiary alicyclic amines) is 1. The van der Waals surface area contributed by atoms with Crippen molar-refractivity contribution < 1.29 is 9.53 Å². The average Bonchev–Trinajstić information content (AvgIpc) is 3.38. The number of hydrogen-bond donors (Lipinski definition) is 1. The maximum absolute atomic E-state index is 12.3. The lowest BCUT2D eigenvalue weighted by Gasteiger charge is -2.61. The van der Waals surface area contributed by atoms with Crippen molar-refractivity contribution in [3.05, 3.63) is 73.6 Å². The van der Waals surface area contributed by atoms with Crippen molar-refractivity contribution in [2.75, 3.05) is 18.8 Å². The van der Waals surface area contributed by atoms with Crippen LogP contribution < -0.4 is 10.5 Å². The molecule has 3 fully saturated rings. The van der Waals surface area contributed by atoms with Gasteiger partial charge >= 0.3 is 0 Å². The molecule has 2 N–H and O–H groups in total. The number of para-hydroxylation sites is 1. The molecule has 3 aliphatic rings. The van der Waals surface area contributed by atoms with Crippen molar-refractivity contribution in [3.63, 3.8) is 0 Å². The minimum absolute atomic E-state index is 0.0784. The van der Waals surface area contributed by atoms with Crippen LogP contribution in [0.5, 0.6) is 11.5 Å². The number of nitrogens with two attached hydrogens (primary N) is 1. The molecule has 8 heteroatoms. The van der Waals surface area contributed by atoms with Crippen LogP contribution in [0.2, 0.25) is 0 Å². The molecular formula is C33H36N6O2. The predicted octanol–water partition coefficient (Wildman–Crippen LogP) is 6.56. The smallest absolute Gasteiger partial charge is 0.245 e. The Morgan fingerprint density at radius 3 is 2.44 bits per heavy atom. The minimum atomic E-state index is 0.0784. The van der Waals surface area contributed by atoms with E-state index in [2.05, 4.69) is 21.2 Å². The van der Waals surface area contributed by atoms with Crippen LogP contribution in [0.25, 0.3) is 22.3 Å². The molecular weight excluding hydrogens is 512 g/mol. The maximum atomic E-state index is 12.3. The van der Waals surface area contributed by atoms with Gasteiger partial charge in [0.25, 0.3) is 0 Å². The Labute approximate surface area is 240 Å². The van der Waals surface area contributed by atoms with E-state index in [4.69, 9.17) is 15.6 Å². The standard InChI is InChI=1S/C33H36N6O2/c1-2-27(40)38-18-6-15-33(21-38)19-32(20-33)16-13-24(14-17-32)39-31-28(30(34)35-22-36-31)29(37-39)23-9-11-26(12-10-23)41-25-7-4-3-5-8-25/h2-5,7-12,22,24H,1,6,13-21H2,(H2,34,35,36). The Bertz CT molecular complexity index is 1580. The second-order valence-electron chi connectivity index (χ2n) is 12.3. The maximum Gasteiger partial charge on any atom is 0.245 e. The first-order chi connectivity index (χ1) is 20.0.